The van der Waals surface area contributed by atoms with Crippen LogP contribution in [0.5, 0.6) is 11.5 Å². The van der Waals surface area contributed by atoms with E-state index in [9.17, 15) is 4.79 Å². The number of methoxy groups -OCH3 is 2. The Kier molecular flexibility index (Phi) is 5.74. The fourth-order valence-corrected chi connectivity index (χ4v) is 5.13. The van der Waals surface area contributed by atoms with Crippen molar-refractivity contribution in [1.82, 2.24) is 10.9 Å². The molecule has 3 aromatic rings. The third-order valence-electron chi connectivity index (χ3n) is 6.61. The Bertz CT molecular complexity index is 1170. The van der Waals surface area contributed by atoms with E-state index in [0.29, 0.717) is 16.5 Å². The number of nitrogens with zero attached hydrogens (tertiary/aromatic N) is 1. The molecule has 170 valence electrons. The minimum atomic E-state index is -0.395. The number of carbonyl (C=O) groups is 1. The second-order valence-electron chi connectivity index (χ2n) is 8.47. The first-order valence-electron chi connectivity index (χ1n) is 10.9. The van der Waals surface area contributed by atoms with Crippen LogP contribution < -0.4 is 25.2 Å². The number of ether oxygens (including phenoxy) is 2. The summed E-state index contributed by atoms with van der Waals surface area (Å²) >= 11 is 6.14. The normalized spacial score (nSPS) is 24.1. The van der Waals surface area contributed by atoms with Gasteiger partial charge in [0.1, 0.15) is 17.5 Å². The maximum Gasteiger partial charge on any atom is 0.246 e. The van der Waals surface area contributed by atoms with Crippen molar-refractivity contribution in [2.75, 3.05) is 19.1 Å². The van der Waals surface area contributed by atoms with Crippen molar-refractivity contribution in [1.29, 1.82) is 0 Å². The van der Waals surface area contributed by atoms with Crippen molar-refractivity contribution in [3.63, 3.8) is 0 Å². The van der Waals surface area contributed by atoms with Gasteiger partial charge in [0.05, 0.1) is 26.3 Å². The predicted octanol–water partition coefficient (Wildman–Crippen LogP) is 4.59. The lowest BCUT2D eigenvalue weighted by Crippen LogP contribution is -2.41. The maximum atomic E-state index is 13.8. The molecule has 0 aliphatic carbocycles. The molecule has 3 aromatic carbocycles. The number of carbonyl (C=O) groups excluding carboxylic acids is 1. The Morgan fingerprint density at radius 1 is 0.879 bits per heavy atom. The number of hydrogen-bond donors (Lipinski definition) is 2. The molecule has 2 aliphatic rings. The standard InChI is InChI=1S/C26H26ClN3O3/c1-15-4-6-16(7-5-15)23-22-24(29-28-23)26(31)30(18-10-8-17(27)9-11-18)25(22)20-14-19(32-2)12-13-21(20)33-3/h4-14,22-25,28-29H,1-3H3. The van der Waals surface area contributed by atoms with Gasteiger partial charge in [0.15, 0.2) is 0 Å². The number of halogens is 1. The van der Waals surface area contributed by atoms with Gasteiger partial charge in [0.25, 0.3) is 0 Å². The van der Waals surface area contributed by atoms with Crippen LogP contribution in [0.2, 0.25) is 5.02 Å². The van der Waals surface area contributed by atoms with Gasteiger partial charge in [-0.3, -0.25) is 4.79 Å². The number of anilines is 1. The van der Waals surface area contributed by atoms with Gasteiger partial charge in [0, 0.05) is 22.2 Å². The van der Waals surface area contributed by atoms with E-state index in [-0.39, 0.29) is 23.9 Å². The average molecular weight is 464 g/mol. The molecule has 4 atom stereocenters. The zero-order valence-electron chi connectivity index (χ0n) is 18.7. The molecule has 1 amide bonds. The lowest BCUT2D eigenvalue weighted by Gasteiger charge is -2.32. The molecule has 0 bridgehead atoms. The second kappa shape index (κ2) is 8.71. The Balaban J connectivity index is 1.68. The van der Waals surface area contributed by atoms with Crippen LogP contribution in [0.15, 0.2) is 66.7 Å². The van der Waals surface area contributed by atoms with Crippen LogP contribution in [0.1, 0.15) is 28.8 Å². The number of fused-ring (bicyclic) bond motifs is 1. The van der Waals surface area contributed by atoms with E-state index < -0.39 is 6.04 Å². The summed E-state index contributed by atoms with van der Waals surface area (Å²) in [7, 11) is 3.29. The Hall–Kier alpha value is -3.06. The number of aryl methyl sites for hydroxylation is 1. The summed E-state index contributed by atoms with van der Waals surface area (Å²) in [6.45, 7) is 2.07. The van der Waals surface area contributed by atoms with Crippen LogP contribution >= 0.6 is 11.6 Å². The molecular formula is C26H26ClN3O3. The molecule has 4 unspecified atom stereocenters. The fraction of sp³-hybridized carbons (Fsp3) is 0.269. The molecular weight excluding hydrogens is 438 g/mol. The number of amides is 1. The highest BCUT2D eigenvalue weighted by Gasteiger charge is 2.56. The van der Waals surface area contributed by atoms with Gasteiger partial charge in [-0.15, -0.1) is 0 Å². The quantitative estimate of drug-likeness (QED) is 0.579. The number of nitrogens with one attached hydrogen (secondary N) is 2. The summed E-state index contributed by atoms with van der Waals surface area (Å²) in [4.78, 5) is 15.6. The molecule has 0 aromatic heterocycles. The SMILES string of the molecule is COc1ccc(OC)c(C2C3C(NNC3c3ccc(C)cc3)C(=O)N2c2ccc(Cl)cc2)c1. The van der Waals surface area contributed by atoms with Crippen LogP contribution in [-0.4, -0.2) is 26.2 Å². The zero-order chi connectivity index (χ0) is 23.1. The summed E-state index contributed by atoms with van der Waals surface area (Å²) in [6.07, 6.45) is 0. The van der Waals surface area contributed by atoms with Crippen LogP contribution in [-0.2, 0) is 4.79 Å². The minimum absolute atomic E-state index is 0.000642. The number of benzene rings is 3. The van der Waals surface area contributed by atoms with E-state index in [1.807, 2.05) is 35.2 Å². The second-order valence-corrected chi connectivity index (χ2v) is 8.91. The van der Waals surface area contributed by atoms with E-state index in [1.165, 1.54) is 5.56 Å². The van der Waals surface area contributed by atoms with E-state index >= 15 is 0 Å². The Morgan fingerprint density at radius 3 is 2.24 bits per heavy atom. The van der Waals surface area contributed by atoms with Crippen LogP contribution in [0.4, 0.5) is 5.69 Å². The summed E-state index contributed by atoms with van der Waals surface area (Å²) in [5, 5.41) is 0.624. The molecule has 2 heterocycles. The van der Waals surface area contributed by atoms with E-state index in [4.69, 9.17) is 21.1 Å². The summed E-state index contributed by atoms with van der Waals surface area (Å²) in [5.74, 6) is 1.34. The molecule has 5 rings (SSSR count). The molecule has 0 radical (unpaired) electrons. The summed E-state index contributed by atoms with van der Waals surface area (Å²) < 4.78 is 11.3. The summed E-state index contributed by atoms with van der Waals surface area (Å²) in [5.41, 5.74) is 10.7. The van der Waals surface area contributed by atoms with E-state index in [1.54, 1.807) is 26.4 Å². The largest absolute Gasteiger partial charge is 0.497 e. The molecule has 2 aliphatic heterocycles. The topological polar surface area (TPSA) is 62.8 Å². The predicted molar refractivity (Wildman–Crippen MR) is 129 cm³/mol. The number of rotatable bonds is 5. The van der Waals surface area contributed by atoms with Gasteiger partial charge in [-0.2, -0.15) is 0 Å². The molecule has 2 saturated heterocycles. The zero-order valence-corrected chi connectivity index (χ0v) is 19.5. The minimum Gasteiger partial charge on any atom is -0.497 e. The molecule has 6 nitrogen and oxygen atoms in total. The third kappa shape index (κ3) is 3.74. The van der Waals surface area contributed by atoms with Crippen molar-refractivity contribution in [2.24, 2.45) is 5.92 Å². The van der Waals surface area contributed by atoms with Gasteiger partial charge in [0.2, 0.25) is 5.91 Å². The van der Waals surface area contributed by atoms with Gasteiger partial charge in [-0.25, -0.2) is 10.9 Å². The van der Waals surface area contributed by atoms with Crippen molar-refractivity contribution >= 4 is 23.2 Å². The first kappa shape index (κ1) is 21.8. The molecule has 0 saturated carbocycles. The molecule has 2 fully saturated rings. The first-order chi connectivity index (χ1) is 16.0. The number of hydrazine groups is 1. The lowest BCUT2D eigenvalue weighted by atomic mass is 9.83. The van der Waals surface area contributed by atoms with Crippen molar-refractivity contribution in [2.45, 2.75) is 25.0 Å². The van der Waals surface area contributed by atoms with Gasteiger partial charge < -0.3 is 14.4 Å². The highest BCUT2D eigenvalue weighted by Crippen LogP contribution is 2.51. The van der Waals surface area contributed by atoms with Gasteiger partial charge in [-0.05, 0) is 55.0 Å². The molecule has 7 heteroatoms. The molecule has 33 heavy (non-hydrogen) atoms. The lowest BCUT2D eigenvalue weighted by molar-refractivity contribution is -0.119. The van der Waals surface area contributed by atoms with Crippen LogP contribution in [0.3, 0.4) is 0 Å². The van der Waals surface area contributed by atoms with Crippen LogP contribution in [0, 0.1) is 12.8 Å². The van der Waals surface area contributed by atoms with Gasteiger partial charge in [-0.1, -0.05) is 41.4 Å². The van der Waals surface area contributed by atoms with Gasteiger partial charge >= 0.3 is 0 Å². The summed E-state index contributed by atoms with van der Waals surface area (Å²) in [6, 6.07) is 20.8. The highest BCUT2D eigenvalue weighted by atomic mass is 35.5. The maximum absolute atomic E-state index is 13.8. The van der Waals surface area contributed by atoms with Crippen molar-refractivity contribution in [3.8, 4) is 11.5 Å². The highest BCUT2D eigenvalue weighted by molar-refractivity contribution is 6.30. The molecule has 0 spiro atoms. The average Bonchev–Trinajstić information content (AvgIpc) is 3.39. The van der Waals surface area contributed by atoms with Crippen molar-refractivity contribution in [3.05, 3.63) is 88.4 Å². The Labute approximate surface area is 198 Å². The van der Waals surface area contributed by atoms with Crippen LogP contribution in [0.25, 0.3) is 0 Å². The third-order valence-corrected chi connectivity index (χ3v) is 6.86. The number of hydrogen-bond acceptors (Lipinski definition) is 5. The first-order valence-corrected chi connectivity index (χ1v) is 11.3. The molecule has 2 N–H and O–H groups in total. The Morgan fingerprint density at radius 2 is 1.58 bits per heavy atom. The van der Waals surface area contributed by atoms with Crippen molar-refractivity contribution < 1.29 is 14.3 Å². The fourth-order valence-electron chi connectivity index (χ4n) is 5.00. The van der Waals surface area contributed by atoms with E-state index in [2.05, 4.69) is 42.0 Å². The monoisotopic (exact) mass is 463 g/mol. The smallest absolute Gasteiger partial charge is 0.246 e. The van der Waals surface area contributed by atoms with E-state index in [0.717, 1.165) is 16.8 Å².